The minimum absolute atomic E-state index is 0.0473. The van der Waals surface area contributed by atoms with Gasteiger partial charge in [-0.2, -0.15) is 0 Å². The molecule has 4 nitrogen and oxygen atoms in total. The van der Waals surface area contributed by atoms with Crippen molar-refractivity contribution in [1.29, 1.82) is 0 Å². The highest BCUT2D eigenvalue weighted by atomic mass is 35.5. The van der Waals surface area contributed by atoms with Gasteiger partial charge in [0.2, 0.25) is 5.91 Å². The Morgan fingerprint density at radius 2 is 2.38 bits per heavy atom. The smallest absolute Gasteiger partial charge is 0.247 e. The van der Waals surface area contributed by atoms with Gasteiger partial charge in [0.25, 0.3) is 0 Å². The van der Waals surface area contributed by atoms with E-state index in [0.29, 0.717) is 16.3 Å². The van der Waals surface area contributed by atoms with E-state index in [9.17, 15) is 4.79 Å². The first kappa shape index (κ1) is 12.4. The van der Waals surface area contributed by atoms with Crippen LogP contribution in [0.25, 0.3) is 0 Å². The number of amides is 1. The van der Waals surface area contributed by atoms with Gasteiger partial charge >= 0.3 is 0 Å². The van der Waals surface area contributed by atoms with Crippen molar-refractivity contribution in [2.24, 2.45) is 0 Å². The summed E-state index contributed by atoms with van der Waals surface area (Å²) in [6, 6.07) is 4.88. The molecule has 0 fully saturated rings. The summed E-state index contributed by atoms with van der Waals surface area (Å²) in [4.78, 5) is 10.9. The predicted octanol–water partition coefficient (Wildman–Crippen LogP) is 1.40. The van der Waals surface area contributed by atoms with Crippen LogP contribution in [0.5, 0.6) is 5.75 Å². The second-order valence-corrected chi connectivity index (χ2v) is 3.38. The molecule has 0 radical (unpaired) electrons. The zero-order valence-electron chi connectivity index (χ0n) is 8.37. The topological polar surface area (TPSA) is 58.6 Å². The Bertz CT molecular complexity index is 426. The Hall–Kier alpha value is -1.70. The molecule has 0 saturated carbocycles. The fourth-order valence-corrected chi connectivity index (χ4v) is 1.37. The monoisotopic (exact) mass is 239 g/mol. The van der Waals surface area contributed by atoms with Gasteiger partial charge in [-0.15, -0.1) is 6.42 Å². The maximum absolute atomic E-state index is 10.9. The Morgan fingerprint density at radius 3 is 2.94 bits per heavy atom. The first-order valence-corrected chi connectivity index (χ1v) is 4.82. The number of nitrogens with one attached hydrogen (secondary N) is 1. The molecule has 16 heavy (non-hydrogen) atoms. The first-order valence-electron chi connectivity index (χ1n) is 4.45. The van der Waals surface area contributed by atoms with E-state index in [1.54, 1.807) is 23.7 Å². The Balaban J connectivity index is 2.75. The van der Waals surface area contributed by atoms with Crippen LogP contribution in [0.3, 0.4) is 0 Å². The number of carbonyl (C=O) groups excluding carboxylic acids is 1. The number of hydrogen-bond acceptors (Lipinski definition) is 3. The molecule has 0 unspecified atom stereocenters. The SMILES string of the molecule is C#CCOc1ccc(CC(=O)NO)cc1Cl. The van der Waals surface area contributed by atoms with Crippen LogP contribution in [0, 0.1) is 12.3 Å². The second-order valence-electron chi connectivity index (χ2n) is 2.97. The van der Waals surface area contributed by atoms with Gasteiger partial charge in [-0.25, -0.2) is 5.48 Å². The molecule has 0 heterocycles. The van der Waals surface area contributed by atoms with Crippen LogP contribution in [-0.2, 0) is 11.2 Å². The molecule has 5 heteroatoms. The van der Waals surface area contributed by atoms with Crippen LogP contribution >= 0.6 is 11.6 Å². The van der Waals surface area contributed by atoms with Crippen molar-refractivity contribution < 1.29 is 14.7 Å². The number of halogens is 1. The van der Waals surface area contributed by atoms with Crippen molar-refractivity contribution in [1.82, 2.24) is 5.48 Å². The number of ether oxygens (including phenoxy) is 1. The lowest BCUT2D eigenvalue weighted by atomic mass is 10.1. The first-order chi connectivity index (χ1) is 7.67. The van der Waals surface area contributed by atoms with E-state index in [2.05, 4.69) is 5.92 Å². The Kier molecular flexibility index (Phi) is 4.65. The lowest BCUT2D eigenvalue weighted by molar-refractivity contribution is -0.128. The van der Waals surface area contributed by atoms with Crippen molar-refractivity contribution in [2.75, 3.05) is 6.61 Å². The fraction of sp³-hybridized carbons (Fsp3) is 0.182. The molecule has 0 aliphatic rings. The third kappa shape index (κ3) is 3.46. The summed E-state index contributed by atoms with van der Waals surface area (Å²) in [6.07, 6.45) is 5.09. The maximum Gasteiger partial charge on any atom is 0.247 e. The highest BCUT2D eigenvalue weighted by molar-refractivity contribution is 6.32. The van der Waals surface area contributed by atoms with Crippen molar-refractivity contribution in [3.63, 3.8) is 0 Å². The molecular formula is C11H10ClNO3. The van der Waals surface area contributed by atoms with Crippen molar-refractivity contribution in [3.8, 4) is 18.1 Å². The summed E-state index contributed by atoms with van der Waals surface area (Å²) in [6.45, 7) is 0.135. The Labute approximate surface area is 98.1 Å². The van der Waals surface area contributed by atoms with E-state index in [0.717, 1.165) is 0 Å². The summed E-state index contributed by atoms with van der Waals surface area (Å²) < 4.78 is 5.15. The maximum atomic E-state index is 10.9. The zero-order chi connectivity index (χ0) is 12.0. The fourth-order valence-electron chi connectivity index (χ4n) is 1.12. The molecule has 0 atom stereocenters. The minimum atomic E-state index is -0.506. The van der Waals surface area contributed by atoms with E-state index in [4.69, 9.17) is 28.0 Å². The van der Waals surface area contributed by atoms with Gasteiger partial charge in [0, 0.05) is 0 Å². The van der Waals surface area contributed by atoms with Crippen LogP contribution in [0.15, 0.2) is 18.2 Å². The molecule has 2 N–H and O–H groups in total. The van der Waals surface area contributed by atoms with Gasteiger partial charge in [0.15, 0.2) is 0 Å². The molecule has 0 saturated heterocycles. The average molecular weight is 240 g/mol. The van der Waals surface area contributed by atoms with Gasteiger partial charge in [0.1, 0.15) is 12.4 Å². The lowest BCUT2D eigenvalue weighted by Crippen LogP contribution is -2.20. The van der Waals surface area contributed by atoms with E-state index in [1.165, 1.54) is 0 Å². The van der Waals surface area contributed by atoms with Gasteiger partial charge in [-0.3, -0.25) is 10.0 Å². The molecule has 1 amide bonds. The number of hydroxylamine groups is 1. The van der Waals surface area contributed by atoms with E-state index in [-0.39, 0.29) is 13.0 Å². The number of terminal acetylenes is 1. The van der Waals surface area contributed by atoms with Crippen molar-refractivity contribution in [2.45, 2.75) is 6.42 Å². The third-order valence-corrected chi connectivity index (χ3v) is 2.09. The number of hydrogen-bond donors (Lipinski definition) is 2. The molecule has 0 bridgehead atoms. The summed E-state index contributed by atoms with van der Waals surface area (Å²) in [7, 11) is 0. The van der Waals surface area contributed by atoms with Crippen LogP contribution in [0.1, 0.15) is 5.56 Å². The molecular weight excluding hydrogens is 230 g/mol. The molecule has 84 valence electrons. The molecule has 0 aliphatic carbocycles. The third-order valence-electron chi connectivity index (χ3n) is 1.80. The van der Waals surface area contributed by atoms with Crippen LogP contribution in [0.2, 0.25) is 5.02 Å². The summed E-state index contributed by atoms with van der Waals surface area (Å²) in [5.41, 5.74) is 2.21. The van der Waals surface area contributed by atoms with Crippen LogP contribution in [-0.4, -0.2) is 17.7 Å². The largest absolute Gasteiger partial charge is 0.479 e. The molecule has 0 spiro atoms. The van der Waals surface area contributed by atoms with Gasteiger partial charge < -0.3 is 4.74 Å². The van der Waals surface area contributed by atoms with E-state index in [1.807, 2.05) is 0 Å². The highest BCUT2D eigenvalue weighted by Gasteiger charge is 2.06. The summed E-state index contributed by atoms with van der Waals surface area (Å²) >= 11 is 5.90. The van der Waals surface area contributed by atoms with E-state index >= 15 is 0 Å². The van der Waals surface area contributed by atoms with Crippen LogP contribution < -0.4 is 10.2 Å². The molecule has 1 rings (SSSR count). The molecule has 1 aromatic carbocycles. The van der Waals surface area contributed by atoms with Crippen LogP contribution in [0.4, 0.5) is 0 Å². The quantitative estimate of drug-likeness (QED) is 0.474. The Morgan fingerprint density at radius 1 is 1.62 bits per heavy atom. The van der Waals surface area contributed by atoms with Crippen molar-refractivity contribution >= 4 is 17.5 Å². The molecule has 1 aromatic rings. The number of carbonyl (C=O) groups is 1. The summed E-state index contributed by atoms with van der Waals surface area (Å²) in [5, 5.41) is 8.73. The minimum Gasteiger partial charge on any atom is -0.479 e. The number of benzene rings is 1. The summed E-state index contributed by atoms with van der Waals surface area (Å²) in [5.74, 6) is 2.28. The average Bonchev–Trinajstić information content (AvgIpc) is 2.28. The van der Waals surface area contributed by atoms with Crippen molar-refractivity contribution in [3.05, 3.63) is 28.8 Å². The van der Waals surface area contributed by atoms with Gasteiger partial charge in [0.05, 0.1) is 11.4 Å². The van der Waals surface area contributed by atoms with Gasteiger partial charge in [-0.05, 0) is 17.7 Å². The standard InChI is InChI=1S/C11H10ClNO3/c1-2-5-16-10-4-3-8(6-9(10)12)7-11(14)13-15/h1,3-4,6,15H,5,7H2,(H,13,14). The predicted molar refractivity (Wildman–Crippen MR) is 59.4 cm³/mol. The zero-order valence-corrected chi connectivity index (χ0v) is 9.12. The normalized spacial score (nSPS) is 9.31. The molecule has 0 aliphatic heterocycles. The lowest BCUT2D eigenvalue weighted by Gasteiger charge is -2.06. The molecule has 0 aromatic heterocycles. The highest BCUT2D eigenvalue weighted by Crippen LogP contribution is 2.25. The number of rotatable bonds is 4. The van der Waals surface area contributed by atoms with E-state index < -0.39 is 5.91 Å². The second kappa shape index (κ2) is 6.01. The van der Waals surface area contributed by atoms with Gasteiger partial charge in [-0.1, -0.05) is 23.6 Å².